The summed E-state index contributed by atoms with van der Waals surface area (Å²) in [6.45, 7) is 0.442. The fraction of sp³-hybridized carbons (Fsp3) is 0.727. The molecule has 1 saturated carbocycles. The van der Waals surface area contributed by atoms with E-state index < -0.39 is 0 Å². The van der Waals surface area contributed by atoms with Gasteiger partial charge in [-0.3, -0.25) is 4.79 Å². The lowest BCUT2D eigenvalue weighted by atomic mass is 9.86. The van der Waals surface area contributed by atoms with Crippen molar-refractivity contribution in [1.82, 2.24) is 20.1 Å². The number of nitrogens with zero attached hydrogens (tertiary/aromatic N) is 3. The zero-order chi connectivity index (χ0) is 12.3. The average Bonchev–Trinajstić information content (AvgIpc) is 2.73. The van der Waals surface area contributed by atoms with Crippen LogP contribution in [0.2, 0.25) is 0 Å². The highest BCUT2D eigenvalue weighted by Gasteiger charge is 2.24. The summed E-state index contributed by atoms with van der Waals surface area (Å²) in [5, 5.41) is 10.6. The molecule has 17 heavy (non-hydrogen) atoms. The summed E-state index contributed by atoms with van der Waals surface area (Å²) in [6.07, 6.45) is 5.31. The number of hydrogen-bond acceptors (Lipinski definition) is 4. The lowest BCUT2D eigenvalue weighted by Crippen LogP contribution is -2.36. The third-order valence-electron chi connectivity index (χ3n) is 3.37. The summed E-state index contributed by atoms with van der Waals surface area (Å²) < 4.78 is 1.80. The Bertz CT molecular complexity index is 381. The number of carbonyl (C=O) groups excluding carboxylic acids is 1. The molecular formula is C11H19N5O. The number of amides is 1. The van der Waals surface area contributed by atoms with Crippen LogP contribution in [0.4, 0.5) is 0 Å². The lowest BCUT2D eigenvalue weighted by Gasteiger charge is -2.25. The minimum atomic E-state index is 0.111. The van der Waals surface area contributed by atoms with Gasteiger partial charge >= 0.3 is 0 Å². The van der Waals surface area contributed by atoms with Crippen LogP contribution in [0.25, 0.3) is 0 Å². The molecule has 0 saturated heterocycles. The van der Waals surface area contributed by atoms with E-state index in [0.717, 1.165) is 31.5 Å². The first-order valence-electron chi connectivity index (χ1n) is 6.03. The van der Waals surface area contributed by atoms with E-state index in [2.05, 4.69) is 15.5 Å². The zero-order valence-corrected chi connectivity index (χ0v) is 10.1. The Kier molecular flexibility index (Phi) is 3.73. The molecule has 1 aliphatic rings. The Morgan fingerprint density at radius 1 is 1.53 bits per heavy atom. The number of rotatable bonds is 3. The van der Waals surface area contributed by atoms with Crippen molar-refractivity contribution in [2.45, 2.75) is 38.3 Å². The molecule has 1 amide bonds. The second kappa shape index (κ2) is 5.27. The second-order valence-corrected chi connectivity index (χ2v) is 4.69. The molecule has 0 radical (unpaired) electrons. The third-order valence-corrected chi connectivity index (χ3v) is 3.37. The maximum atomic E-state index is 11.9. The molecule has 2 rings (SSSR count). The molecule has 0 atom stereocenters. The Labute approximate surface area is 101 Å². The summed E-state index contributed by atoms with van der Waals surface area (Å²) in [4.78, 5) is 11.9. The van der Waals surface area contributed by atoms with Gasteiger partial charge < -0.3 is 15.6 Å². The van der Waals surface area contributed by atoms with Gasteiger partial charge in [-0.1, -0.05) is 0 Å². The molecule has 1 aromatic rings. The predicted molar refractivity (Wildman–Crippen MR) is 62.8 cm³/mol. The molecule has 1 heterocycles. The summed E-state index contributed by atoms with van der Waals surface area (Å²) in [5.41, 5.74) is 5.81. The molecule has 6 heteroatoms. The van der Waals surface area contributed by atoms with Gasteiger partial charge in [-0.15, -0.1) is 10.2 Å². The second-order valence-electron chi connectivity index (χ2n) is 4.69. The zero-order valence-electron chi connectivity index (χ0n) is 10.1. The van der Waals surface area contributed by atoms with E-state index in [0.29, 0.717) is 6.54 Å². The average molecular weight is 237 g/mol. The number of carbonyl (C=O) groups is 1. The van der Waals surface area contributed by atoms with Gasteiger partial charge in [0, 0.05) is 19.0 Å². The number of hydrogen-bond donors (Lipinski definition) is 2. The van der Waals surface area contributed by atoms with Crippen molar-refractivity contribution in [1.29, 1.82) is 0 Å². The van der Waals surface area contributed by atoms with Crippen molar-refractivity contribution < 1.29 is 4.79 Å². The van der Waals surface area contributed by atoms with Crippen LogP contribution in [0.1, 0.15) is 31.5 Å². The first-order chi connectivity index (χ1) is 8.16. The van der Waals surface area contributed by atoms with Gasteiger partial charge in [-0.2, -0.15) is 0 Å². The minimum absolute atomic E-state index is 0.111. The number of aryl methyl sites for hydroxylation is 1. The van der Waals surface area contributed by atoms with Crippen LogP contribution in [-0.2, 0) is 18.4 Å². The molecule has 3 N–H and O–H groups in total. The van der Waals surface area contributed by atoms with Crippen molar-refractivity contribution in [3.8, 4) is 0 Å². The lowest BCUT2D eigenvalue weighted by molar-refractivity contribution is -0.126. The number of nitrogens with one attached hydrogen (secondary N) is 1. The normalized spacial score (nSPS) is 24.6. The van der Waals surface area contributed by atoms with Crippen molar-refractivity contribution in [3.05, 3.63) is 12.2 Å². The van der Waals surface area contributed by atoms with Gasteiger partial charge in [0.1, 0.15) is 6.33 Å². The predicted octanol–water partition coefficient (Wildman–Crippen LogP) is -0.0512. The SMILES string of the molecule is Cn1cnnc1CNC(=O)C1CCC(N)CC1. The third kappa shape index (κ3) is 3.03. The van der Waals surface area contributed by atoms with Crippen molar-refractivity contribution >= 4 is 5.91 Å². The Morgan fingerprint density at radius 3 is 2.82 bits per heavy atom. The Hall–Kier alpha value is -1.43. The molecule has 0 unspecified atom stereocenters. The topological polar surface area (TPSA) is 85.8 Å². The number of aromatic nitrogens is 3. The van der Waals surface area contributed by atoms with E-state index >= 15 is 0 Å². The van der Waals surface area contributed by atoms with Crippen LogP contribution in [0.3, 0.4) is 0 Å². The maximum absolute atomic E-state index is 11.9. The van der Waals surface area contributed by atoms with Crippen LogP contribution >= 0.6 is 0 Å². The summed E-state index contributed by atoms with van der Waals surface area (Å²) in [6, 6.07) is 0.276. The van der Waals surface area contributed by atoms with Crippen LogP contribution in [-0.4, -0.2) is 26.7 Å². The highest BCUT2D eigenvalue weighted by Crippen LogP contribution is 2.23. The van der Waals surface area contributed by atoms with Gasteiger partial charge in [-0.25, -0.2) is 0 Å². The fourth-order valence-electron chi connectivity index (χ4n) is 2.16. The van der Waals surface area contributed by atoms with E-state index in [1.54, 1.807) is 10.9 Å². The van der Waals surface area contributed by atoms with Crippen LogP contribution in [0.15, 0.2) is 6.33 Å². The van der Waals surface area contributed by atoms with Gasteiger partial charge in [0.05, 0.1) is 6.54 Å². The van der Waals surface area contributed by atoms with Crippen molar-refractivity contribution in [3.63, 3.8) is 0 Å². The quantitative estimate of drug-likeness (QED) is 0.771. The first kappa shape index (κ1) is 12.0. The van der Waals surface area contributed by atoms with Crippen molar-refractivity contribution in [2.75, 3.05) is 0 Å². The minimum Gasteiger partial charge on any atom is -0.349 e. The Morgan fingerprint density at radius 2 is 2.24 bits per heavy atom. The molecule has 6 nitrogen and oxygen atoms in total. The van der Waals surface area contributed by atoms with Gasteiger partial charge in [0.15, 0.2) is 5.82 Å². The number of nitrogens with two attached hydrogens (primary N) is 1. The highest BCUT2D eigenvalue weighted by molar-refractivity contribution is 5.78. The molecule has 0 aromatic carbocycles. The molecule has 0 bridgehead atoms. The highest BCUT2D eigenvalue weighted by atomic mass is 16.1. The molecular weight excluding hydrogens is 218 g/mol. The standard InChI is InChI=1S/C11H19N5O/c1-16-7-14-15-10(16)6-13-11(17)8-2-4-9(12)5-3-8/h7-9H,2-6,12H2,1H3,(H,13,17). The largest absolute Gasteiger partial charge is 0.349 e. The Balaban J connectivity index is 1.80. The molecule has 1 aliphatic carbocycles. The van der Waals surface area contributed by atoms with E-state index in [9.17, 15) is 4.79 Å². The fourth-order valence-corrected chi connectivity index (χ4v) is 2.16. The molecule has 1 aromatic heterocycles. The van der Waals surface area contributed by atoms with E-state index in [4.69, 9.17) is 5.73 Å². The first-order valence-corrected chi connectivity index (χ1v) is 6.03. The van der Waals surface area contributed by atoms with E-state index in [-0.39, 0.29) is 17.9 Å². The summed E-state index contributed by atoms with van der Waals surface area (Å²) in [5.74, 6) is 0.994. The molecule has 94 valence electrons. The van der Waals surface area contributed by atoms with Crippen LogP contribution < -0.4 is 11.1 Å². The van der Waals surface area contributed by atoms with Gasteiger partial charge in [0.2, 0.25) is 5.91 Å². The van der Waals surface area contributed by atoms with Crippen molar-refractivity contribution in [2.24, 2.45) is 18.7 Å². The monoisotopic (exact) mass is 237 g/mol. The van der Waals surface area contributed by atoms with E-state index in [1.165, 1.54) is 0 Å². The molecule has 0 spiro atoms. The summed E-state index contributed by atoms with van der Waals surface area (Å²) >= 11 is 0. The molecule has 1 fully saturated rings. The smallest absolute Gasteiger partial charge is 0.223 e. The maximum Gasteiger partial charge on any atom is 0.223 e. The molecule has 0 aliphatic heterocycles. The van der Waals surface area contributed by atoms with Gasteiger partial charge in [-0.05, 0) is 25.7 Å². The van der Waals surface area contributed by atoms with E-state index in [1.807, 2.05) is 7.05 Å². The van der Waals surface area contributed by atoms with Gasteiger partial charge in [0.25, 0.3) is 0 Å². The van der Waals surface area contributed by atoms with Crippen LogP contribution in [0, 0.1) is 5.92 Å². The summed E-state index contributed by atoms with van der Waals surface area (Å²) in [7, 11) is 1.86. The van der Waals surface area contributed by atoms with Crippen LogP contribution in [0.5, 0.6) is 0 Å².